The third-order valence-electron chi connectivity index (χ3n) is 4.82. The number of amides is 1. The molecule has 0 aliphatic carbocycles. The summed E-state index contributed by atoms with van der Waals surface area (Å²) in [6.07, 6.45) is 2.88. The monoisotopic (exact) mass is 496 g/mol. The summed E-state index contributed by atoms with van der Waals surface area (Å²) in [4.78, 5) is 25.1. The molecular weight excluding hydrogens is 472 g/mol. The Morgan fingerprint density at radius 3 is 2.50 bits per heavy atom. The van der Waals surface area contributed by atoms with Crippen LogP contribution < -0.4 is 5.32 Å². The summed E-state index contributed by atoms with van der Waals surface area (Å²) in [5, 5.41) is 3.23. The molecule has 7 nitrogen and oxygen atoms in total. The molecule has 10 heteroatoms. The van der Waals surface area contributed by atoms with E-state index in [-0.39, 0.29) is 11.3 Å². The van der Waals surface area contributed by atoms with E-state index < -0.39 is 28.5 Å². The molecule has 1 aliphatic rings. The zero-order valence-electron chi connectivity index (χ0n) is 17.5. The van der Waals surface area contributed by atoms with E-state index in [0.717, 1.165) is 24.2 Å². The van der Waals surface area contributed by atoms with Crippen molar-refractivity contribution in [1.82, 2.24) is 4.31 Å². The van der Waals surface area contributed by atoms with Crippen molar-refractivity contribution in [3.8, 4) is 0 Å². The molecule has 2 aromatic rings. The van der Waals surface area contributed by atoms with E-state index in [1.807, 2.05) is 12.1 Å². The Kier molecular flexibility index (Phi) is 8.98. The van der Waals surface area contributed by atoms with Crippen molar-refractivity contribution in [2.75, 3.05) is 30.8 Å². The Balaban J connectivity index is 1.45. The molecule has 0 unspecified atom stereocenters. The molecule has 1 saturated heterocycles. The standard InChI is InChI=1S/C22H25ClN2O5S2/c23-17-7-9-19(10-8-17)31-14-11-22(27)30-16-21(26)24-18-5-4-6-20(15-18)32(28,29)25-12-2-1-3-13-25/h4-10,15H,1-3,11-14,16H2,(H,24,26). The lowest BCUT2D eigenvalue weighted by atomic mass is 10.2. The van der Waals surface area contributed by atoms with Crippen LogP contribution in [0.2, 0.25) is 5.02 Å². The summed E-state index contributed by atoms with van der Waals surface area (Å²) in [5.41, 5.74) is 0.336. The molecule has 0 aromatic heterocycles. The molecule has 0 radical (unpaired) electrons. The number of thioether (sulfide) groups is 1. The Labute approximate surface area is 197 Å². The number of carbonyl (C=O) groups excluding carboxylic acids is 2. The molecule has 1 N–H and O–H groups in total. The lowest BCUT2D eigenvalue weighted by Gasteiger charge is -2.26. The van der Waals surface area contributed by atoms with Crippen LogP contribution in [0.15, 0.2) is 58.3 Å². The number of carbonyl (C=O) groups is 2. The molecule has 1 aliphatic heterocycles. The van der Waals surface area contributed by atoms with Gasteiger partial charge in [0.2, 0.25) is 10.0 Å². The number of benzene rings is 2. The number of halogens is 1. The predicted molar refractivity (Wildman–Crippen MR) is 125 cm³/mol. The topological polar surface area (TPSA) is 92.8 Å². The van der Waals surface area contributed by atoms with Gasteiger partial charge in [0.25, 0.3) is 5.91 Å². The van der Waals surface area contributed by atoms with E-state index in [0.29, 0.717) is 29.6 Å². The summed E-state index contributed by atoms with van der Waals surface area (Å²) in [6, 6.07) is 13.4. The second-order valence-corrected chi connectivity index (χ2v) is 10.8. The average Bonchev–Trinajstić information content (AvgIpc) is 2.80. The van der Waals surface area contributed by atoms with Crippen molar-refractivity contribution >= 4 is 50.9 Å². The minimum absolute atomic E-state index is 0.133. The fourth-order valence-electron chi connectivity index (χ4n) is 3.19. The first-order valence-electron chi connectivity index (χ1n) is 10.3. The van der Waals surface area contributed by atoms with Gasteiger partial charge in [-0.05, 0) is 55.3 Å². The van der Waals surface area contributed by atoms with Crippen molar-refractivity contribution in [3.63, 3.8) is 0 Å². The van der Waals surface area contributed by atoms with Crippen LogP contribution in [0.25, 0.3) is 0 Å². The fourth-order valence-corrected chi connectivity index (χ4v) is 5.71. The second kappa shape index (κ2) is 11.7. The first-order chi connectivity index (χ1) is 15.3. The molecule has 0 spiro atoms. The van der Waals surface area contributed by atoms with Gasteiger partial charge in [-0.1, -0.05) is 24.1 Å². The van der Waals surface area contributed by atoms with E-state index in [9.17, 15) is 18.0 Å². The van der Waals surface area contributed by atoms with Gasteiger partial charge in [0.15, 0.2) is 6.61 Å². The Bertz CT molecular complexity index is 1040. The first kappa shape index (κ1) is 24.6. The third kappa shape index (κ3) is 7.23. The van der Waals surface area contributed by atoms with Crippen LogP contribution in [-0.2, 0) is 24.3 Å². The number of nitrogens with zero attached hydrogens (tertiary/aromatic N) is 1. The molecule has 1 heterocycles. The van der Waals surface area contributed by atoms with Gasteiger partial charge in [0, 0.05) is 34.4 Å². The molecule has 0 bridgehead atoms. The Morgan fingerprint density at radius 2 is 1.78 bits per heavy atom. The summed E-state index contributed by atoms with van der Waals surface area (Å²) < 4.78 is 32.1. The Hall–Kier alpha value is -2.07. The lowest BCUT2D eigenvalue weighted by Crippen LogP contribution is -2.35. The van der Waals surface area contributed by atoms with Crippen molar-refractivity contribution in [2.45, 2.75) is 35.5 Å². The largest absolute Gasteiger partial charge is 0.456 e. The summed E-state index contributed by atoms with van der Waals surface area (Å²) >= 11 is 7.33. The predicted octanol–water partition coefficient (Wildman–Crippen LogP) is 4.18. The zero-order valence-corrected chi connectivity index (χ0v) is 19.8. The molecule has 3 rings (SSSR count). The quantitative estimate of drug-likeness (QED) is 0.413. The van der Waals surface area contributed by atoms with Crippen LogP contribution in [-0.4, -0.2) is 50.0 Å². The minimum atomic E-state index is -3.59. The molecule has 0 saturated carbocycles. The van der Waals surface area contributed by atoms with Gasteiger partial charge in [-0.3, -0.25) is 9.59 Å². The molecular formula is C22H25ClN2O5S2. The smallest absolute Gasteiger partial charge is 0.307 e. The number of sulfonamides is 1. The van der Waals surface area contributed by atoms with Crippen LogP contribution >= 0.6 is 23.4 Å². The van der Waals surface area contributed by atoms with E-state index >= 15 is 0 Å². The maximum Gasteiger partial charge on any atom is 0.307 e. The van der Waals surface area contributed by atoms with Crippen molar-refractivity contribution < 1.29 is 22.7 Å². The fraction of sp³-hybridized carbons (Fsp3) is 0.364. The number of anilines is 1. The lowest BCUT2D eigenvalue weighted by molar-refractivity contribution is -0.146. The van der Waals surface area contributed by atoms with E-state index in [1.165, 1.54) is 28.2 Å². The highest BCUT2D eigenvalue weighted by molar-refractivity contribution is 7.99. The van der Waals surface area contributed by atoms with E-state index in [1.54, 1.807) is 24.3 Å². The number of hydrogen-bond donors (Lipinski definition) is 1. The maximum absolute atomic E-state index is 12.8. The number of esters is 1. The van der Waals surface area contributed by atoms with Crippen LogP contribution in [0.3, 0.4) is 0 Å². The molecule has 172 valence electrons. The van der Waals surface area contributed by atoms with Crippen LogP contribution in [0, 0.1) is 0 Å². The zero-order chi connectivity index (χ0) is 23.0. The van der Waals surface area contributed by atoms with Crippen molar-refractivity contribution in [2.24, 2.45) is 0 Å². The van der Waals surface area contributed by atoms with Crippen LogP contribution in [0.4, 0.5) is 5.69 Å². The number of rotatable bonds is 9. The highest BCUT2D eigenvalue weighted by atomic mass is 35.5. The average molecular weight is 497 g/mol. The summed E-state index contributed by atoms with van der Waals surface area (Å²) in [7, 11) is -3.59. The normalized spacial score (nSPS) is 14.7. The highest BCUT2D eigenvalue weighted by Gasteiger charge is 2.26. The molecule has 1 amide bonds. The van der Waals surface area contributed by atoms with Gasteiger partial charge in [0.05, 0.1) is 11.3 Å². The number of piperidine rings is 1. The third-order valence-corrected chi connectivity index (χ3v) is 7.98. The maximum atomic E-state index is 12.8. The second-order valence-electron chi connectivity index (χ2n) is 7.25. The number of hydrogen-bond acceptors (Lipinski definition) is 6. The molecule has 1 fully saturated rings. The van der Waals surface area contributed by atoms with Gasteiger partial charge in [-0.2, -0.15) is 4.31 Å². The van der Waals surface area contributed by atoms with Gasteiger partial charge in [-0.25, -0.2) is 8.42 Å². The van der Waals surface area contributed by atoms with Gasteiger partial charge >= 0.3 is 5.97 Å². The highest BCUT2D eigenvalue weighted by Crippen LogP contribution is 2.23. The molecule has 0 atom stereocenters. The molecule has 32 heavy (non-hydrogen) atoms. The van der Waals surface area contributed by atoms with Crippen molar-refractivity contribution in [3.05, 3.63) is 53.6 Å². The van der Waals surface area contributed by atoms with Gasteiger partial charge in [-0.15, -0.1) is 11.8 Å². The number of nitrogens with one attached hydrogen (secondary N) is 1. The van der Waals surface area contributed by atoms with Gasteiger partial charge < -0.3 is 10.1 Å². The summed E-state index contributed by atoms with van der Waals surface area (Å²) in [6.45, 7) is 0.573. The van der Waals surface area contributed by atoms with Gasteiger partial charge in [0.1, 0.15) is 0 Å². The van der Waals surface area contributed by atoms with Crippen LogP contribution in [0.5, 0.6) is 0 Å². The molecule has 2 aromatic carbocycles. The van der Waals surface area contributed by atoms with Crippen molar-refractivity contribution in [1.29, 1.82) is 0 Å². The minimum Gasteiger partial charge on any atom is -0.456 e. The van der Waals surface area contributed by atoms with E-state index in [4.69, 9.17) is 16.3 Å². The number of ether oxygens (including phenoxy) is 1. The van der Waals surface area contributed by atoms with Crippen LogP contribution in [0.1, 0.15) is 25.7 Å². The summed E-state index contributed by atoms with van der Waals surface area (Å²) in [5.74, 6) is -0.502. The van der Waals surface area contributed by atoms with E-state index in [2.05, 4.69) is 5.32 Å². The SMILES string of the molecule is O=C(COC(=O)CCSc1ccc(Cl)cc1)Nc1cccc(S(=O)(=O)N2CCCCC2)c1. The first-order valence-corrected chi connectivity index (χ1v) is 13.1. The Morgan fingerprint density at radius 1 is 1.06 bits per heavy atom.